The molecule has 18 heteroatoms. The van der Waals surface area contributed by atoms with Crippen LogP contribution in [0.5, 0.6) is 0 Å². The summed E-state index contributed by atoms with van der Waals surface area (Å²) in [5.74, 6) is -1.30. The summed E-state index contributed by atoms with van der Waals surface area (Å²) in [5, 5.41) is 14.4. The van der Waals surface area contributed by atoms with Gasteiger partial charge in [-0.2, -0.15) is 10.2 Å². The Labute approximate surface area is 371 Å². The van der Waals surface area contributed by atoms with Gasteiger partial charge < -0.3 is 19.1 Å². The first-order chi connectivity index (χ1) is 31.1. The fourth-order valence-electron chi connectivity index (χ4n) is 9.83. The van der Waals surface area contributed by atoms with Crippen LogP contribution in [0.2, 0.25) is 0 Å². The number of hydrogen-bond donors (Lipinski definition) is 1. The van der Waals surface area contributed by atoms with Gasteiger partial charge in [-0.25, -0.2) is 23.1 Å². The minimum atomic E-state index is -0.694. The Bertz CT molecular complexity index is 3290. The van der Waals surface area contributed by atoms with Crippen molar-refractivity contribution in [2.75, 3.05) is 31.1 Å². The van der Waals surface area contributed by atoms with E-state index < -0.39 is 29.3 Å². The summed E-state index contributed by atoms with van der Waals surface area (Å²) < 4.78 is 50.0. The van der Waals surface area contributed by atoms with Crippen molar-refractivity contribution < 1.29 is 22.8 Å². The molecule has 0 bridgehead atoms. The number of anilines is 1. The number of morpholine rings is 1. The van der Waals surface area contributed by atoms with Crippen LogP contribution < -0.4 is 16.3 Å². The number of rotatable bonds is 9. The molecule has 0 radical (unpaired) electrons. The highest BCUT2D eigenvalue weighted by molar-refractivity contribution is 6.00. The number of carbonyl (C=O) groups is 1. The number of carbonyl (C=O) groups excluding carboxylic acids is 1. The second kappa shape index (κ2) is 15.6. The van der Waals surface area contributed by atoms with Gasteiger partial charge in [0.2, 0.25) is 0 Å². The van der Waals surface area contributed by atoms with Crippen LogP contribution in [0.1, 0.15) is 91.3 Å². The Kier molecular flexibility index (Phi) is 10.0. The molecule has 1 amide bonds. The number of hydrogen-bond acceptors (Lipinski definition) is 9. The zero-order valence-electron chi connectivity index (χ0n) is 37.2. The quantitative estimate of drug-likeness (QED) is 0.161. The number of fused-ring (bicyclic) bond motifs is 3. The number of nitrogens with zero attached hydrogens (tertiary/aromatic N) is 10. The molecular formula is C47H49F2N11O5. The summed E-state index contributed by atoms with van der Waals surface area (Å²) in [5.41, 5.74) is 4.40. The molecule has 2 aliphatic rings. The molecule has 16 nitrogen and oxygen atoms in total. The van der Waals surface area contributed by atoms with Crippen LogP contribution in [0, 0.1) is 25.5 Å². The maximum atomic E-state index is 16.1. The van der Waals surface area contributed by atoms with Gasteiger partial charge in [-0.1, -0.05) is 18.5 Å². The number of aromatic amines is 1. The normalized spacial score (nSPS) is 16.8. The Morgan fingerprint density at radius 2 is 1.72 bits per heavy atom. The number of nitrogens with one attached hydrogen (secondary N) is 1. The number of aryl methyl sites for hydroxylation is 3. The van der Waals surface area contributed by atoms with Crippen molar-refractivity contribution in [3.8, 4) is 17.2 Å². The highest BCUT2D eigenvalue weighted by Crippen LogP contribution is 2.39. The second-order valence-electron chi connectivity index (χ2n) is 17.8. The molecule has 1 saturated heterocycles. The van der Waals surface area contributed by atoms with E-state index in [9.17, 15) is 9.59 Å². The third-order valence-corrected chi connectivity index (χ3v) is 13.0. The van der Waals surface area contributed by atoms with Crippen molar-refractivity contribution in [2.45, 2.75) is 78.5 Å². The van der Waals surface area contributed by atoms with E-state index in [1.165, 1.54) is 27.6 Å². The number of benzene rings is 3. The van der Waals surface area contributed by atoms with Crippen LogP contribution in [0.15, 0.2) is 81.2 Å². The zero-order valence-corrected chi connectivity index (χ0v) is 37.2. The van der Waals surface area contributed by atoms with E-state index in [2.05, 4.69) is 40.1 Å². The lowest BCUT2D eigenvalue weighted by atomic mass is 9.98. The number of H-pyrrole nitrogens is 1. The Hall–Kier alpha value is -7.08. The fourth-order valence-corrected chi connectivity index (χ4v) is 9.83. The van der Waals surface area contributed by atoms with E-state index in [0.29, 0.717) is 89.9 Å². The lowest BCUT2D eigenvalue weighted by molar-refractivity contribution is -0.0276. The highest BCUT2D eigenvalue weighted by Gasteiger charge is 2.38. The molecule has 3 aromatic carbocycles. The number of halogens is 2. The van der Waals surface area contributed by atoms with Gasteiger partial charge in [0.15, 0.2) is 11.6 Å². The van der Waals surface area contributed by atoms with Crippen LogP contribution >= 0.6 is 0 Å². The smallest absolute Gasteiger partial charge is 0.372 e. The van der Waals surface area contributed by atoms with E-state index >= 15 is 13.6 Å². The largest absolute Gasteiger partial charge is 0.438 e. The summed E-state index contributed by atoms with van der Waals surface area (Å²) in [4.78, 5) is 49.3. The van der Waals surface area contributed by atoms with Gasteiger partial charge in [0.25, 0.3) is 5.91 Å². The number of ether oxygens (including phenoxy) is 1. The Balaban J connectivity index is 1.12. The van der Waals surface area contributed by atoms with Crippen LogP contribution in [0.4, 0.5) is 14.5 Å². The molecule has 336 valence electrons. The van der Waals surface area contributed by atoms with Crippen LogP contribution in [-0.4, -0.2) is 86.1 Å². The minimum absolute atomic E-state index is 0.0379. The van der Waals surface area contributed by atoms with Crippen molar-refractivity contribution in [1.82, 2.24) is 48.3 Å². The van der Waals surface area contributed by atoms with E-state index in [0.717, 1.165) is 16.6 Å². The van der Waals surface area contributed by atoms with Crippen molar-refractivity contribution in [1.29, 1.82) is 0 Å². The van der Waals surface area contributed by atoms with Crippen molar-refractivity contribution in [2.24, 2.45) is 7.05 Å². The maximum Gasteiger partial charge on any atom is 0.438 e. The van der Waals surface area contributed by atoms with Crippen LogP contribution in [-0.2, 0) is 18.2 Å². The zero-order chi connectivity index (χ0) is 45.6. The van der Waals surface area contributed by atoms with Gasteiger partial charge in [-0.05, 0) is 101 Å². The topological polar surface area (TPSA) is 159 Å². The van der Waals surface area contributed by atoms with Gasteiger partial charge in [0, 0.05) is 67.7 Å². The summed E-state index contributed by atoms with van der Waals surface area (Å²) in [6.07, 6.45) is 6.05. The van der Waals surface area contributed by atoms with Gasteiger partial charge in [-0.15, -0.1) is 0 Å². The molecule has 5 aromatic heterocycles. The van der Waals surface area contributed by atoms with E-state index in [1.54, 1.807) is 59.6 Å². The van der Waals surface area contributed by atoms with Crippen LogP contribution in [0.3, 0.4) is 0 Å². The molecule has 1 fully saturated rings. The van der Waals surface area contributed by atoms with E-state index in [-0.39, 0.29) is 34.9 Å². The minimum Gasteiger partial charge on any atom is -0.372 e. The predicted octanol–water partition coefficient (Wildman–Crippen LogP) is 6.99. The van der Waals surface area contributed by atoms with Gasteiger partial charge in [0.1, 0.15) is 17.3 Å². The van der Waals surface area contributed by atoms with E-state index in [4.69, 9.17) is 14.4 Å². The first-order valence-corrected chi connectivity index (χ1v) is 21.8. The SMILES string of the molecule is CCC[C@@H](c1noc(=O)[nH]1)n1c(C(=O)N2CCc3nn(-c4cc(C)c(F)c(C)c4)c(-n4ccn(-c5ccc6c(cnn6C)c5F)c4=O)c3[C@@H]2C)cc2cc(N3CCOC(C)(C)C3)ccc21. The number of imidazole rings is 1. The molecule has 8 aromatic rings. The van der Waals surface area contributed by atoms with Crippen molar-refractivity contribution >= 4 is 33.4 Å². The number of aromatic nitrogens is 9. The molecule has 2 atom stereocenters. The van der Waals surface area contributed by atoms with E-state index in [1.807, 2.05) is 36.6 Å². The highest BCUT2D eigenvalue weighted by atomic mass is 19.1. The molecular weight excluding hydrogens is 837 g/mol. The molecule has 10 rings (SSSR count). The average molecular weight is 886 g/mol. The third kappa shape index (κ3) is 6.88. The van der Waals surface area contributed by atoms with Crippen molar-refractivity contribution in [3.63, 3.8) is 0 Å². The first-order valence-electron chi connectivity index (χ1n) is 21.8. The second-order valence-corrected chi connectivity index (χ2v) is 17.8. The molecule has 0 spiro atoms. The molecule has 1 N–H and O–H groups in total. The molecule has 0 aliphatic carbocycles. The number of amides is 1. The molecule has 7 heterocycles. The summed E-state index contributed by atoms with van der Waals surface area (Å²) in [6.45, 7) is 13.6. The molecule has 65 heavy (non-hydrogen) atoms. The predicted molar refractivity (Wildman–Crippen MR) is 240 cm³/mol. The summed E-state index contributed by atoms with van der Waals surface area (Å²) >= 11 is 0. The van der Waals surface area contributed by atoms with Crippen molar-refractivity contribution in [3.05, 3.63) is 134 Å². The lowest BCUT2D eigenvalue weighted by Gasteiger charge is -2.39. The lowest BCUT2D eigenvalue weighted by Crippen LogP contribution is -2.48. The summed E-state index contributed by atoms with van der Waals surface area (Å²) in [7, 11) is 1.72. The monoisotopic (exact) mass is 885 g/mol. The molecule has 0 unspecified atom stereocenters. The third-order valence-electron chi connectivity index (χ3n) is 13.0. The first kappa shape index (κ1) is 41.9. The Morgan fingerprint density at radius 1 is 0.969 bits per heavy atom. The molecule has 0 saturated carbocycles. The van der Waals surface area contributed by atoms with Gasteiger partial charge >= 0.3 is 11.4 Å². The fraction of sp³-hybridized carbons (Fsp3) is 0.362. The maximum absolute atomic E-state index is 16.1. The summed E-state index contributed by atoms with van der Waals surface area (Å²) in [6, 6.07) is 13.4. The standard InChI is InChI=1S/C47H49F2N11O5/c1-8-9-37(42-51-45(62)65-53-42)59-34-11-10-30(55-18-19-64-47(5,6)25-55)22-29(34)23-38(59)44(61)56-15-14-33-39(28(56)4)43(60(52-33)31-20-26(2)40(48)27(3)21-31)58-17-16-57(46(58)63)36-13-12-35-32(41(36)49)24-50-54(35)7/h10-13,16-17,20-24,28,37H,8-9,14-15,18-19,25H2,1-7H3,(H,51,53,62)/t28-,37-/m0/s1. The van der Waals surface area contributed by atoms with Gasteiger partial charge in [-0.3, -0.25) is 28.1 Å². The Morgan fingerprint density at radius 3 is 2.45 bits per heavy atom. The van der Waals surface area contributed by atoms with Crippen LogP contribution in [0.25, 0.3) is 39.0 Å². The molecule has 2 aliphatic heterocycles. The average Bonchev–Trinajstić information content (AvgIpc) is 4.12. The van der Waals surface area contributed by atoms with Gasteiger partial charge in [0.05, 0.1) is 58.5 Å².